The van der Waals surface area contributed by atoms with Crippen molar-refractivity contribution < 1.29 is 19.4 Å². The average Bonchev–Trinajstić information content (AvgIpc) is 2.92. The zero-order valence-electron chi connectivity index (χ0n) is 14.2. The lowest BCUT2D eigenvalue weighted by molar-refractivity contribution is -0.152. The summed E-state index contributed by atoms with van der Waals surface area (Å²) in [6, 6.07) is 5.11. The molecule has 1 N–H and O–H groups in total. The number of benzene rings is 1. The largest absolute Gasteiger partial charge is 0.480 e. The smallest absolute Gasteiger partial charge is 0.326 e. The van der Waals surface area contributed by atoms with E-state index in [0.29, 0.717) is 18.7 Å². The molecule has 2 rings (SSSR count). The first-order chi connectivity index (χ1) is 10.8. The molecule has 0 bridgehead atoms. The minimum absolute atomic E-state index is 0.0432. The Morgan fingerprint density at radius 3 is 2.35 bits per heavy atom. The molecule has 1 heterocycles. The quantitative estimate of drug-likeness (QED) is 0.906. The molecule has 2 unspecified atom stereocenters. The molecule has 0 saturated carbocycles. The molecule has 1 amide bonds. The Bertz CT molecular complexity index is 576. The molecule has 5 nitrogen and oxygen atoms in total. The van der Waals surface area contributed by atoms with E-state index in [0.717, 1.165) is 17.5 Å². The van der Waals surface area contributed by atoms with Crippen LogP contribution >= 0.6 is 0 Å². The molecule has 126 valence electrons. The second-order valence-electron chi connectivity index (χ2n) is 6.63. The first-order valence-electron chi connectivity index (χ1n) is 8.08. The fourth-order valence-corrected chi connectivity index (χ4v) is 3.07. The van der Waals surface area contributed by atoms with E-state index >= 15 is 0 Å². The number of ether oxygens (including phenoxy) is 1. The topological polar surface area (TPSA) is 66.8 Å². The van der Waals surface area contributed by atoms with Crippen molar-refractivity contribution in [2.24, 2.45) is 5.92 Å². The molecule has 23 heavy (non-hydrogen) atoms. The van der Waals surface area contributed by atoms with Crippen LogP contribution in [0.3, 0.4) is 0 Å². The van der Waals surface area contributed by atoms with Crippen LogP contribution in [0.4, 0.5) is 0 Å². The number of likely N-dealkylation sites (tertiary alicyclic amines) is 1. The second-order valence-corrected chi connectivity index (χ2v) is 6.63. The van der Waals surface area contributed by atoms with Crippen LogP contribution in [0.5, 0.6) is 5.75 Å². The number of nitrogens with zero attached hydrogens (tertiary/aromatic N) is 1. The summed E-state index contributed by atoms with van der Waals surface area (Å²) in [6.07, 6.45) is 0.558. The van der Waals surface area contributed by atoms with Crippen LogP contribution in [0.1, 0.15) is 37.8 Å². The average molecular weight is 319 g/mol. The van der Waals surface area contributed by atoms with Crippen molar-refractivity contribution >= 4 is 11.9 Å². The number of aryl methyl sites for hydroxylation is 2. The third-order valence-electron chi connectivity index (χ3n) is 4.13. The molecule has 0 radical (unpaired) electrons. The highest BCUT2D eigenvalue weighted by Gasteiger charge is 2.39. The standard InChI is InChI=1S/C18H25NO4/c1-11(2)16(23-14-9-12(3)8-13(4)10-14)17(20)19-7-5-6-15(19)18(21)22/h8-11,15-16H,5-7H2,1-4H3,(H,21,22). The van der Waals surface area contributed by atoms with Gasteiger partial charge in [-0.25, -0.2) is 4.79 Å². The Labute approximate surface area is 137 Å². The van der Waals surface area contributed by atoms with Crippen molar-refractivity contribution in [3.05, 3.63) is 29.3 Å². The predicted octanol–water partition coefficient (Wildman–Crippen LogP) is 2.78. The van der Waals surface area contributed by atoms with Crippen molar-refractivity contribution in [3.63, 3.8) is 0 Å². The molecule has 1 aliphatic heterocycles. The molecule has 1 aromatic rings. The predicted molar refractivity (Wildman–Crippen MR) is 87.5 cm³/mol. The van der Waals surface area contributed by atoms with Gasteiger partial charge < -0.3 is 14.7 Å². The minimum Gasteiger partial charge on any atom is -0.480 e. The summed E-state index contributed by atoms with van der Waals surface area (Å²) in [5.41, 5.74) is 2.14. The van der Waals surface area contributed by atoms with E-state index in [1.807, 2.05) is 45.9 Å². The Morgan fingerprint density at radius 1 is 1.22 bits per heavy atom. The van der Waals surface area contributed by atoms with E-state index in [1.54, 1.807) is 0 Å². The number of hydrogen-bond acceptors (Lipinski definition) is 3. The Kier molecular flexibility index (Phi) is 5.29. The van der Waals surface area contributed by atoms with Crippen LogP contribution in [0.15, 0.2) is 18.2 Å². The number of carboxylic acids is 1. The first kappa shape index (κ1) is 17.3. The molecule has 0 spiro atoms. The maximum absolute atomic E-state index is 12.8. The Balaban J connectivity index is 2.20. The summed E-state index contributed by atoms with van der Waals surface area (Å²) < 4.78 is 5.96. The Morgan fingerprint density at radius 2 is 1.83 bits per heavy atom. The van der Waals surface area contributed by atoms with Gasteiger partial charge >= 0.3 is 5.97 Å². The van der Waals surface area contributed by atoms with E-state index in [4.69, 9.17) is 4.74 Å². The Hall–Kier alpha value is -2.04. The van der Waals surface area contributed by atoms with E-state index in [-0.39, 0.29) is 11.8 Å². The SMILES string of the molecule is Cc1cc(C)cc(OC(C(=O)N2CCCC2C(=O)O)C(C)C)c1. The lowest BCUT2D eigenvalue weighted by atomic mass is 10.0. The number of hydrogen-bond donors (Lipinski definition) is 1. The van der Waals surface area contributed by atoms with Gasteiger partial charge in [0.15, 0.2) is 6.10 Å². The molecule has 0 aromatic heterocycles. The van der Waals surface area contributed by atoms with Crippen molar-refractivity contribution in [2.75, 3.05) is 6.54 Å². The maximum Gasteiger partial charge on any atom is 0.326 e. The van der Waals surface area contributed by atoms with Gasteiger partial charge in [-0.15, -0.1) is 0 Å². The molecule has 5 heteroatoms. The lowest BCUT2D eigenvalue weighted by Crippen LogP contribution is -2.49. The number of carbonyl (C=O) groups is 2. The first-order valence-corrected chi connectivity index (χ1v) is 8.08. The number of aliphatic carboxylic acids is 1. The summed E-state index contributed by atoms with van der Waals surface area (Å²) in [5, 5.41) is 9.28. The zero-order valence-corrected chi connectivity index (χ0v) is 14.2. The van der Waals surface area contributed by atoms with Gasteiger partial charge in [-0.2, -0.15) is 0 Å². The summed E-state index contributed by atoms with van der Waals surface area (Å²) in [6.45, 7) is 8.27. The van der Waals surface area contributed by atoms with Gasteiger partial charge in [0.2, 0.25) is 0 Å². The fraction of sp³-hybridized carbons (Fsp3) is 0.556. The number of rotatable bonds is 5. The lowest BCUT2D eigenvalue weighted by Gasteiger charge is -2.29. The highest BCUT2D eigenvalue weighted by atomic mass is 16.5. The third-order valence-corrected chi connectivity index (χ3v) is 4.13. The number of amides is 1. The third kappa shape index (κ3) is 4.03. The molecule has 0 aliphatic carbocycles. The van der Waals surface area contributed by atoms with Crippen LogP contribution < -0.4 is 4.74 Å². The van der Waals surface area contributed by atoms with E-state index in [9.17, 15) is 14.7 Å². The summed E-state index contributed by atoms with van der Waals surface area (Å²) in [4.78, 5) is 25.6. The van der Waals surface area contributed by atoms with Crippen LogP contribution in [-0.2, 0) is 9.59 Å². The maximum atomic E-state index is 12.8. The van der Waals surface area contributed by atoms with Gasteiger partial charge in [0, 0.05) is 6.54 Å². The summed E-state index contributed by atoms with van der Waals surface area (Å²) in [5.74, 6) is -0.562. The van der Waals surface area contributed by atoms with Crippen LogP contribution in [-0.4, -0.2) is 40.6 Å². The molecular formula is C18H25NO4. The number of carbonyl (C=O) groups excluding carboxylic acids is 1. The highest BCUT2D eigenvalue weighted by Crippen LogP contribution is 2.24. The van der Waals surface area contributed by atoms with Crippen LogP contribution in [0, 0.1) is 19.8 Å². The second kappa shape index (κ2) is 7.02. The van der Waals surface area contributed by atoms with Crippen LogP contribution in [0.25, 0.3) is 0 Å². The van der Waals surface area contributed by atoms with E-state index < -0.39 is 18.1 Å². The van der Waals surface area contributed by atoms with E-state index in [2.05, 4.69) is 0 Å². The van der Waals surface area contributed by atoms with Gasteiger partial charge in [-0.1, -0.05) is 19.9 Å². The molecule has 1 fully saturated rings. The molecule has 1 saturated heterocycles. The normalized spacial score (nSPS) is 19.0. The number of carboxylic acid groups (broad SMARTS) is 1. The molecular weight excluding hydrogens is 294 g/mol. The van der Waals surface area contributed by atoms with Gasteiger partial charge in [0.25, 0.3) is 5.91 Å². The van der Waals surface area contributed by atoms with Crippen molar-refractivity contribution in [3.8, 4) is 5.75 Å². The van der Waals surface area contributed by atoms with Crippen molar-refractivity contribution in [1.29, 1.82) is 0 Å². The highest BCUT2D eigenvalue weighted by molar-refractivity contribution is 5.87. The molecule has 2 atom stereocenters. The van der Waals surface area contributed by atoms with Crippen LogP contribution in [0.2, 0.25) is 0 Å². The van der Waals surface area contributed by atoms with Crippen molar-refractivity contribution in [1.82, 2.24) is 4.90 Å². The van der Waals surface area contributed by atoms with Gasteiger partial charge in [-0.3, -0.25) is 4.79 Å². The summed E-state index contributed by atoms with van der Waals surface area (Å²) in [7, 11) is 0. The van der Waals surface area contributed by atoms with Gasteiger partial charge in [0.05, 0.1) is 0 Å². The van der Waals surface area contributed by atoms with Gasteiger partial charge in [-0.05, 0) is 55.9 Å². The minimum atomic E-state index is -0.940. The zero-order chi connectivity index (χ0) is 17.1. The molecule has 1 aromatic carbocycles. The summed E-state index contributed by atoms with van der Waals surface area (Å²) >= 11 is 0. The van der Waals surface area contributed by atoms with Gasteiger partial charge in [0.1, 0.15) is 11.8 Å². The van der Waals surface area contributed by atoms with E-state index in [1.165, 1.54) is 4.90 Å². The van der Waals surface area contributed by atoms with Crippen molar-refractivity contribution in [2.45, 2.75) is 52.7 Å². The fourth-order valence-electron chi connectivity index (χ4n) is 3.07. The monoisotopic (exact) mass is 319 g/mol. The molecule has 1 aliphatic rings.